The summed E-state index contributed by atoms with van der Waals surface area (Å²) in [6.07, 6.45) is 2.71. The van der Waals surface area contributed by atoms with Crippen molar-refractivity contribution in [3.05, 3.63) is 79.6 Å². The first-order valence-corrected chi connectivity index (χ1v) is 16.0. The van der Waals surface area contributed by atoms with Gasteiger partial charge >= 0.3 is 5.97 Å². The molecule has 0 spiro atoms. The van der Waals surface area contributed by atoms with Gasteiger partial charge in [-0.05, 0) is 55.3 Å². The number of carbonyl (C=O) groups excluding carboxylic acids is 2. The Bertz CT molecular complexity index is 1740. The fourth-order valence-electron chi connectivity index (χ4n) is 4.69. The zero-order valence-corrected chi connectivity index (χ0v) is 24.2. The van der Waals surface area contributed by atoms with E-state index in [1.165, 1.54) is 34.4 Å². The quantitative estimate of drug-likeness (QED) is 0.123. The number of esters is 1. The minimum atomic E-state index is -0.399. The molecule has 0 radical (unpaired) electrons. The van der Waals surface area contributed by atoms with Crippen LogP contribution in [0.2, 0.25) is 0 Å². The fraction of sp³-hybridized carbons (Fsp3) is 0.214. The highest BCUT2D eigenvalue weighted by Crippen LogP contribution is 2.40. The van der Waals surface area contributed by atoms with Crippen molar-refractivity contribution in [1.29, 1.82) is 0 Å². The summed E-state index contributed by atoms with van der Waals surface area (Å²) in [6, 6.07) is 13.3. The Balaban J connectivity index is 1.32. The van der Waals surface area contributed by atoms with E-state index in [9.17, 15) is 14.4 Å². The Morgan fingerprint density at radius 1 is 1.13 bits per heavy atom. The number of hydrogen-bond donors (Lipinski definition) is 1. The number of anilines is 1. The van der Waals surface area contributed by atoms with E-state index in [1.54, 1.807) is 22.8 Å². The van der Waals surface area contributed by atoms with E-state index in [0.29, 0.717) is 31.6 Å². The Morgan fingerprint density at radius 2 is 1.97 bits per heavy atom. The molecule has 0 bridgehead atoms. The Morgan fingerprint density at radius 3 is 2.74 bits per heavy atom. The maximum Gasteiger partial charge on any atom is 0.341 e. The van der Waals surface area contributed by atoms with Gasteiger partial charge in [-0.15, -0.1) is 34.0 Å². The number of carbonyl (C=O) groups is 2. The summed E-state index contributed by atoms with van der Waals surface area (Å²) in [5, 5.41) is 8.43. The minimum Gasteiger partial charge on any atom is -0.462 e. The lowest BCUT2D eigenvalue weighted by Gasteiger charge is -2.13. The predicted octanol–water partition coefficient (Wildman–Crippen LogP) is 6.63. The van der Waals surface area contributed by atoms with Gasteiger partial charge in [0.2, 0.25) is 5.91 Å². The maximum atomic E-state index is 13.9. The molecule has 1 N–H and O–H groups in total. The second-order valence-electron chi connectivity index (χ2n) is 8.80. The van der Waals surface area contributed by atoms with Crippen LogP contribution < -0.4 is 10.9 Å². The monoisotopic (exact) mass is 593 g/mol. The van der Waals surface area contributed by atoms with Crippen molar-refractivity contribution in [3.63, 3.8) is 0 Å². The SMILES string of the molecule is CCOC(=O)c1c(NC(=O)CSc2nc3scc(-c4cccs4)c3c(=O)n2-c2ccccc2)sc2c1CCC2. The van der Waals surface area contributed by atoms with E-state index < -0.39 is 5.97 Å². The van der Waals surface area contributed by atoms with Crippen molar-refractivity contribution in [2.24, 2.45) is 0 Å². The lowest BCUT2D eigenvalue weighted by Crippen LogP contribution is -2.23. The normalized spacial score (nSPS) is 12.5. The van der Waals surface area contributed by atoms with Crippen LogP contribution in [0.3, 0.4) is 0 Å². The highest BCUT2D eigenvalue weighted by molar-refractivity contribution is 7.99. The average Bonchev–Trinajstić information content (AvgIpc) is 3.72. The molecule has 6 rings (SSSR count). The van der Waals surface area contributed by atoms with Gasteiger partial charge in [-0.3, -0.25) is 14.2 Å². The third-order valence-electron chi connectivity index (χ3n) is 6.36. The highest BCUT2D eigenvalue weighted by atomic mass is 32.2. The molecule has 1 amide bonds. The summed E-state index contributed by atoms with van der Waals surface area (Å²) in [7, 11) is 0. The first-order valence-electron chi connectivity index (χ1n) is 12.4. The van der Waals surface area contributed by atoms with Gasteiger partial charge in [-0.25, -0.2) is 9.78 Å². The van der Waals surface area contributed by atoms with Gasteiger partial charge in [-0.1, -0.05) is 36.0 Å². The summed E-state index contributed by atoms with van der Waals surface area (Å²) in [6.45, 7) is 2.04. The number of ether oxygens (including phenoxy) is 1. The molecular weight excluding hydrogens is 571 g/mol. The number of benzene rings is 1. The number of aryl methyl sites for hydroxylation is 1. The van der Waals surface area contributed by atoms with Crippen LogP contribution in [0, 0.1) is 0 Å². The molecule has 0 saturated heterocycles. The Labute approximate surface area is 240 Å². The second kappa shape index (κ2) is 11.1. The molecule has 198 valence electrons. The van der Waals surface area contributed by atoms with E-state index in [0.717, 1.165) is 40.1 Å². The Kier molecular flexibility index (Phi) is 7.39. The van der Waals surface area contributed by atoms with Crippen LogP contribution in [0.4, 0.5) is 5.00 Å². The number of thioether (sulfide) groups is 1. The van der Waals surface area contributed by atoms with Gasteiger partial charge in [0.15, 0.2) is 5.16 Å². The molecule has 4 aromatic heterocycles. The van der Waals surface area contributed by atoms with Crippen LogP contribution in [0.1, 0.15) is 34.1 Å². The fourth-order valence-corrected chi connectivity index (χ4v) is 8.60. The lowest BCUT2D eigenvalue weighted by molar-refractivity contribution is -0.113. The predicted molar refractivity (Wildman–Crippen MR) is 160 cm³/mol. The van der Waals surface area contributed by atoms with Crippen LogP contribution >= 0.6 is 45.8 Å². The standard InChI is InChI=1S/C28H23N3O4S4/c1-2-35-27(34)23-17-10-6-11-20(17)39-25(23)29-21(32)15-38-28-30-24-22(18(14-37-24)19-12-7-13-36-19)26(33)31(28)16-8-4-3-5-9-16/h3-5,7-9,12-14H,2,6,10-11,15H2,1H3,(H,29,32). The summed E-state index contributed by atoms with van der Waals surface area (Å²) >= 11 is 5.65. The molecule has 1 aliphatic carbocycles. The zero-order valence-electron chi connectivity index (χ0n) is 20.9. The van der Waals surface area contributed by atoms with Gasteiger partial charge in [-0.2, -0.15) is 0 Å². The van der Waals surface area contributed by atoms with Crippen LogP contribution in [0.15, 0.2) is 63.2 Å². The molecule has 7 nitrogen and oxygen atoms in total. The summed E-state index contributed by atoms with van der Waals surface area (Å²) in [4.78, 5) is 47.3. The highest BCUT2D eigenvalue weighted by Gasteiger charge is 2.28. The summed E-state index contributed by atoms with van der Waals surface area (Å²) < 4.78 is 6.85. The number of para-hydroxylation sites is 1. The number of nitrogens with zero attached hydrogens (tertiary/aromatic N) is 2. The van der Waals surface area contributed by atoms with Gasteiger partial charge < -0.3 is 10.1 Å². The Hall–Kier alpha value is -3.25. The van der Waals surface area contributed by atoms with Crippen molar-refractivity contribution in [1.82, 2.24) is 9.55 Å². The maximum absolute atomic E-state index is 13.9. The number of nitrogens with one attached hydrogen (secondary N) is 1. The molecule has 0 unspecified atom stereocenters. The number of fused-ring (bicyclic) bond motifs is 2. The van der Waals surface area contributed by atoms with Crippen LogP contribution in [0.5, 0.6) is 0 Å². The van der Waals surface area contributed by atoms with Crippen LogP contribution in [0.25, 0.3) is 26.3 Å². The molecule has 11 heteroatoms. The van der Waals surface area contributed by atoms with Crippen molar-refractivity contribution in [3.8, 4) is 16.1 Å². The third kappa shape index (κ3) is 4.95. The van der Waals surface area contributed by atoms with Crippen molar-refractivity contribution < 1.29 is 14.3 Å². The van der Waals surface area contributed by atoms with E-state index >= 15 is 0 Å². The topological polar surface area (TPSA) is 90.3 Å². The molecule has 0 fully saturated rings. The van der Waals surface area contributed by atoms with Gasteiger partial charge in [0.05, 0.1) is 29.0 Å². The smallest absolute Gasteiger partial charge is 0.341 e. The number of thiophene rings is 3. The number of amides is 1. The lowest BCUT2D eigenvalue weighted by atomic mass is 10.1. The molecule has 1 aromatic carbocycles. The van der Waals surface area contributed by atoms with Crippen molar-refractivity contribution in [2.45, 2.75) is 31.3 Å². The molecule has 5 aromatic rings. The second-order valence-corrected chi connectivity index (χ2v) is 12.6. The van der Waals surface area contributed by atoms with E-state index in [4.69, 9.17) is 9.72 Å². The van der Waals surface area contributed by atoms with Gasteiger partial charge in [0.25, 0.3) is 5.56 Å². The van der Waals surface area contributed by atoms with Crippen molar-refractivity contribution in [2.75, 3.05) is 17.7 Å². The number of hydrogen-bond acceptors (Lipinski definition) is 9. The van der Waals surface area contributed by atoms with Gasteiger partial charge in [0, 0.05) is 20.7 Å². The zero-order chi connectivity index (χ0) is 26.9. The summed E-state index contributed by atoms with van der Waals surface area (Å²) in [5.41, 5.74) is 2.86. The average molecular weight is 594 g/mol. The summed E-state index contributed by atoms with van der Waals surface area (Å²) in [5.74, 6) is -0.646. The number of aromatic nitrogens is 2. The van der Waals surface area contributed by atoms with Gasteiger partial charge in [0.1, 0.15) is 9.83 Å². The van der Waals surface area contributed by atoms with Crippen molar-refractivity contribution >= 4 is 72.9 Å². The molecule has 0 atom stereocenters. The van der Waals surface area contributed by atoms with E-state index in [1.807, 2.05) is 53.2 Å². The number of rotatable bonds is 8. The first-order chi connectivity index (χ1) is 19.0. The largest absolute Gasteiger partial charge is 0.462 e. The molecular formula is C28H23N3O4S4. The first kappa shape index (κ1) is 26.0. The van der Waals surface area contributed by atoms with Crippen LogP contribution in [-0.4, -0.2) is 33.8 Å². The molecule has 39 heavy (non-hydrogen) atoms. The van der Waals surface area contributed by atoms with Crippen LogP contribution in [-0.2, 0) is 22.4 Å². The molecule has 0 aliphatic heterocycles. The minimum absolute atomic E-state index is 0.0266. The third-order valence-corrected chi connectivity index (χ3v) is 10.3. The molecule has 4 heterocycles. The van der Waals surface area contributed by atoms with E-state index in [-0.39, 0.29) is 23.8 Å². The van der Waals surface area contributed by atoms with E-state index in [2.05, 4.69) is 5.32 Å². The molecule has 1 aliphatic rings. The molecule has 0 saturated carbocycles.